The van der Waals surface area contributed by atoms with Crippen molar-refractivity contribution in [2.75, 3.05) is 18.1 Å². The summed E-state index contributed by atoms with van der Waals surface area (Å²) in [4.78, 5) is 11.5. The first-order valence-electron chi connectivity index (χ1n) is 6.98. The van der Waals surface area contributed by atoms with Crippen molar-refractivity contribution >= 4 is 27.0 Å². The van der Waals surface area contributed by atoms with Crippen LogP contribution in [0.2, 0.25) is 0 Å². The SMILES string of the molecule is C=CC[S+](CC(=O)OCC)Cc1ccccc1.O=S(=O)([O-])C(F)(F)F. The van der Waals surface area contributed by atoms with Crippen LogP contribution in [0.15, 0.2) is 43.0 Å². The molecule has 5 nitrogen and oxygen atoms in total. The molecule has 142 valence electrons. The molecule has 25 heavy (non-hydrogen) atoms. The standard InChI is InChI=1S/C14H19O2S.CHF3O3S/c1-3-10-17(12-14(15)16-4-2)11-13-8-6-5-7-9-13;2-1(3,4)8(5,6)7/h3,5-9H,1,4,10-12H2,2H3;(H,5,6,7)/q+1;/p-1. The highest BCUT2D eigenvalue weighted by Crippen LogP contribution is 2.20. The van der Waals surface area contributed by atoms with E-state index in [-0.39, 0.29) is 16.9 Å². The highest BCUT2D eigenvalue weighted by molar-refractivity contribution is 7.96. The minimum Gasteiger partial charge on any atom is -0.741 e. The van der Waals surface area contributed by atoms with Gasteiger partial charge in [-0.25, -0.2) is 13.2 Å². The maximum Gasteiger partial charge on any atom is 0.485 e. The van der Waals surface area contributed by atoms with E-state index in [9.17, 15) is 18.0 Å². The fraction of sp³-hybridized carbons (Fsp3) is 0.400. The third kappa shape index (κ3) is 10.8. The molecule has 1 rings (SSSR count). The zero-order valence-electron chi connectivity index (χ0n) is 13.5. The Labute approximate surface area is 148 Å². The third-order valence-corrected chi connectivity index (χ3v) is 5.14. The van der Waals surface area contributed by atoms with Crippen LogP contribution in [0.3, 0.4) is 0 Å². The van der Waals surface area contributed by atoms with E-state index in [0.29, 0.717) is 12.4 Å². The van der Waals surface area contributed by atoms with E-state index in [2.05, 4.69) is 18.7 Å². The van der Waals surface area contributed by atoms with Crippen molar-refractivity contribution in [3.8, 4) is 0 Å². The predicted molar refractivity (Wildman–Crippen MR) is 89.8 cm³/mol. The number of rotatable bonds is 7. The van der Waals surface area contributed by atoms with Gasteiger partial charge in [0.2, 0.25) is 5.75 Å². The Kier molecular flexibility index (Phi) is 10.5. The molecule has 0 aromatic heterocycles. The summed E-state index contributed by atoms with van der Waals surface area (Å²) >= 11 is 0. The number of esters is 1. The lowest BCUT2D eigenvalue weighted by Crippen LogP contribution is -2.22. The summed E-state index contributed by atoms with van der Waals surface area (Å²) in [5.74, 6) is 2.18. The molecular weight excluding hydrogens is 381 g/mol. The molecule has 0 spiro atoms. The van der Waals surface area contributed by atoms with Crippen LogP contribution in [0.1, 0.15) is 12.5 Å². The van der Waals surface area contributed by atoms with Gasteiger partial charge >= 0.3 is 11.5 Å². The summed E-state index contributed by atoms with van der Waals surface area (Å²) in [6, 6.07) is 10.2. The number of hydrogen-bond acceptors (Lipinski definition) is 5. The smallest absolute Gasteiger partial charge is 0.485 e. The quantitative estimate of drug-likeness (QED) is 0.231. The first kappa shape index (κ1) is 23.5. The Bertz CT molecular complexity index is 630. The minimum absolute atomic E-state index is 0.000355. The Hall–Kier alpha value is -1.52. The number of halogens is 3. The van der Waals surface area contributed by atoms with Crippen molar-refractivity contribution in [1.29, 1.82) is 0 Å². The van der Waals surface area contributed by atoms with Crippen molar-refractivity contribution in [3.05, 3.63) is 48.6 Å². The molecule has 1 unspecified atom stereocenters. The Morgan fingerprint density at radius 2 is 1.84 bits per heavy atom. The summed E-state index contributed by atoms with van der Waals surface area (Å²) in [7, 11) is -6.09. The zero-order valence-corrected chi connectivity index (χ0v) is 15.1. The highest BCUT2D eigenvalue weighted by Gasteiger charge is 2.36. The summed E-state index contributed by atoms with van der Waals surface area (Å²) in [6.45, 7) is 6.04. The first-order chi connectivity index (χ1) is 11.5. The van der Waals surface area contributed by atoms with E-state index in [1.807, 2.05) is 31.2 Å². The second kappa shape index (κ2) is 11.2. The summed E-state index contributed by atoms with van der Waals surface area (Å²) in [6.07, 6.45) is 1.88. The van der Waals surface area contributed by atoms with Gasteiger partial charge in [-0.15, -0.1) is 0 Å². The highest BCUT2D eigenvalue weighted by atomic mass is 32.2. The molecule has 0 saturated carbocycles. The van der Waals surface area contributed by atoms with E-state index in [1.54, 1.807) is 0 Å². The van der Waals surface area contributed by atoms with Gasteiger partial charge in [0, 0.05) is 16.5 Å². The van der Waals surface area contributed by atoms with E-state index in [0.717, 1.165) is 11.5 Å². The number of hydrogen-bond donors (Lipinski definition) is 0. The third-order valence-electron chi connectivity index (χ3n) is 2.48. The first-order valence-corrected chi connectivity index (χ1v) is 10.1. The van der Waals surface area contributed by atoms with E-state index >= 15 is 0 Å². The van der Waals surface area contributed by atoms with Crippen molar-refractivity contribution in [1.82, 2.24) is 0 Å². The molecule has 0 heterocycles. The van der Waals surface area contributed by atoms with E-state index in [4.69, 9.17) is 17.7 Å². The van der Waals surface area contributed by atoms with Gasteiger partial charge in [0.15, 0.2) is 10.1 Å². The average Bonchev–Trinajstić information content (AvgIpc) is 2.47. The van der Waals surface area contributed by atoms with Crippen molar-refractivity contribution in [2.45, 2.75) is 18.2 Å². The lowest BCUT2D eigenvalue weighted by atomic mass is 10.2. The largest absolute Gasteiger partial charge is 0.741 e. The second-order valence-electron chi connectivity index (χ2n) is 4.55. The molecule has 0 aliphatic rings. The van der Waals surface area contributed by atoms with Crippen LogP contribution >= 0.6 is 0 Å². The van der Waals surface area contributed by atoms with Gasteiger partial charge in [-0.2, -0.15) is 13.2 Å². The number of ether oxygens (including phenoxy) is 1. The Morgan fingerprint density at radius 1 is 1.32 bits per heavy atom. The number of alkyl halides is 3. The normalized spacial score (nSPS) is 12.5. The fourth-order valence-electron chi connectivity index (χ4n) is 1.51. The zero-order chi connectivity index (χ0) is 19.5. The molecule has 0 amide bonds. The van der Waals surface area contributed by atoms with Gasteiger partial charge in [0.05, 0.1) is 6.61 Å². The van der Waals surface area contributed by atoms with Crippen LogP contribution in [0.25, 0.3) is 0 Å². The molecule has 0 fully saturated rings. The maximum absolute atomic E-state index is 11.5. The van der Waals surface area contributed by atoms with Crippen LogP contribution in [0.5, 0.6) is 0 Å². The molecule has 0 saturated heterocycles. The molecule has 0 N–H and O–H groups in total. The van der Waals surface area contributed by atoms with Crippen LogP contribution < -0.4 is 0 Å². The van der Waals surface area contributed by atoms with Crippen LogP contribution in [-0.2, 0) is 36.3 Å². The molecule has 1 aromatic rings. The number of carbonyl (C=O) groups is 1. The van der Waals surface area contributed by atoms with Crippen LogP contribution in [0, 0.1) is 0 Å². The van der Waals surface area contributed by atoms with Crippen molar-refractivity contribution in [3.63, 3.8) is 0 Å². The monoisotopic (exact) mass is 400 g/mol. The second-order valence-corrected chi connectivity index (χ2v) is 8.05. The summed E-state index contributed by atoms with van der Waals surface area (Å²) in [5, 5.41) is 0. The van der Waals surface area contributed by atoms with Crippen LogP contribution in [0.4, 0.5) is 13.2 Å². The topological polar surface area (TPSA) is 83.5 Å². The molecule has 0 bridgehead atoms. The van der Waals surface area contributed by atoms with Gasteiger partial charge in [0.25, 0.3) is 0 Å². The van der Waals surface area contributed by atoms with E-state index < -0.39 is 15.6 Å². The lowest BCUT2D eigenvalue weighted by Gasteiger charge is -2.08. The van der Waals surface area contributed by atoms with Gasteiger partial charge in [-0.1, -0.05) is 36.9 Å². The van der Waals surface area contributed by atoms with Crippen molar-refractivity contribution < 1.29 is 35.7 Å². The molecule has 0 aliphatic carbocycles. The summed E-state index contributed by atoms with van der Waals surface area (Å²) in [5.41, 5.74) is -4.38. The van der Waals surface area contributed by atoms with Gasteiger partial charge < -0.3 is 9.29 Å². The molecule has 1 atom stereocenters. The average molecular weight is 400 g/mol. The fourth-order valence-corrected chi connectivity index (χ4v) is 3.27. The van der Waals surface area contributed by atoms with Gasteiger partial charge in [-0.05, 0) is 13.0 Å². The molecule has 10 heteroatoms. The van der Waals surface area contributed by atoms with Crippen LogP contribution in [-0.4, -0.2) is 42.6 Å². The molecular formula is C15H19F3O5S2. The summed E-state index contributed by atoms with van der Waals surface area (Å²) < 4.78 is 63.9. The maximum atomic E-state index is 11.5. The van der Waals surface area contributed by atoms with Crippen molar-refractivity contribution in [2.24, 2.45) is 0 Å². The minimum atomic E-state index is -6.09. The number of carbonyl (C=O) groups excluding carboxylic acids is 1. The molecule has 0 aliphatic heterocycles. The van der Waals surface area contributed by atoms with Gasteiger partial charge in [-0.3, -0.25) is 0 Å². The van der Waals surface area contributed by atoms with Gasteiger partial charge in [0.1, 0.15) is 11.5 Å². The lowest BCUT2D eigenvalue weighted by molar-refractivity contribution is -0.139. The number of benzene rings is 1. The Morgan fingerprint density at radius 3 is 2.24 bits per heavy atom. The Balaban J connectivity index is 0.000000609. The molecule has 0 radical (unpaired) electrons. The molecule has 1 aromatic carbocycles. The predicted octanol–water partition coefficient (Wildman–Crippen LogP) is 2.61. The van der Waals surface area contributed by atoms with E-state index in [1.165, 1.54) is 5.56 Å².